The predicted octanol–water partition coefficient (Wildman–Crippen LogP) is -0.143. The van der Waals surface area contributed by atoms with Gasteiger partial charge in [0.1, 0.15) is 23.2 Å². The van der Waals surface area contributed by atoms with Gasteiger partial charge in [0, 0.05) is 12.2 Å². The fraction of sp³-hybridized carbons (Fsp3) is 0.743. The molecular formula is C35H55Na2O10P. The van der Waals surface area contributed by atoms with Gasteiger partial charge in [0.15, 0.2) is 0 Å². The normalized spacial score (nSPS) is 22.0. The Morgan fingerprint density at radius 3 is 2.06 bits per heavy atom. The number of cyclic esters (lactones) is 1. The summed E-state index contributed by atoms with van der Waals surface area (Å²) < 4.78 is 34.5. The zero-order valence-corrected chi connectivity index (χ0v) is 35.9. The smallest absolute Gasteiger partial charge is 0.870 e. The van der Waals surface area contributed by atoms with E-state index >= 15 is 0 Å². The zero-order valence-electron chi connectivity index (χ0n) is 31.0. The van der Waals surface area contributed by atoms with Crippen molar-refractivity contribution in [2.24, 2.45) is 17.8 Å². The number of carbonyl (C=O) groups is 1. The minimum Gasteiger partial charge on any atom is -0.870 e. The average molecular weight is 713 g/mol. The van der Waals surface area contributed by atoms with E-state index in [0.29, 0.717) is 23.5 Å². The van der Waals surface area contributed by atoms with Crippen LogP contribution in [-0.2, 0) is 25.0 Å². The van der Waals surface area contributed by atoms with Crippen molar-refractivity contribution >= 4 is 13.8 Å². The summed E-state index contributed by atoms with van der Waals surface area (Å²) in [7, 11) is -5.05. The van der Waals surface area contributed by atoms with Gasteiger partial charge < -0.3 is 33.8 Å². The molecule has 2 aliphatic heterocycles. The second kappa shape index (κ2) is 20.1. The number of phosphoric ester groups is 1. The Balaban J connectivity index is 0.00000576. The molecule has 0 fully saturated rings. The molecule has 2 N–H and O–H groups in total. The third-order valence-corrected chi connectivity index (χ3v) is 10.5. The van der Waals surface area contributed by atoms with Crippen LogP contribution in [0.2, 0.25) is 0 Å². The number of hydrogen-bond acceptors (Lipinski definition) is 9. The van der Waals surface area contributed by atoms with Gasteiger partial charge in [-0.05, 0) is 93.6 Å². The molecule has 0 saturated carbocycles. The number of ether oxygens (including phenoxy) is 2. The molecule has 262 valence electrons. The van der Waals surface area contributed by atoms with Crippen molar-refractivity contribution in [2.75, 3.05) is 6.61 Å². The standard InChI is InChI=1S/C35H56O10P.2Na/c1-21(2)12-9-13-22(3)14-10-15-23(4)16-11-18-35(8)19-17-27-26(7)30(24(5)25(6)31(27)43-35)44-46(40,41)45-33-29(38)32(28(37)20-36)42-34(33)39;;/h21-23,28,32,36,38H,9-20H2,1-8H3,(H,40,41);;/q-1;2*+1/p-1/t22?,23?,28-,32+,35?;;/m0../s1. The van der Waals surface area contributed by atoms with Crippen molar-refractivity contribution in [3.63, 3.8) is 0 Å². The topological polar surface area (TPSA) is 158 Å². The molecule has 0 radical (unpaired) electrons. The van der Waals surface area contributed by atoms with E-state index in [0.717, 1.165) is 54.4 Å². The van der Waals surface area contributed by atoms with Crippen molar-refractivity contribution in [1.29, 1.82) is 0 Å². The molecule has 1 aromatic carbocycles. The number of aliphatic hydroxyl groups excluding tert-OH is 1. The van der Waals surface area contributed by atoms with Crippen LogP contribution in [0.3, 0.4) is 0 Å². The summed E-state index contributed by atoms with van der Waals surface area (Å²) in [6.45, 7) is 15.9. The van der Waals surface area contributed by atoms with Crippen molar-refractivity contribution in [2.45, 2.75) is 144 Å². The minimum absolute atomic E-state index is 0. The summed E-state index contributed by atoms with van der Waals surface area (Å²) in [4.78, 5) is 22.6. The van der Waals surface area contributed by atoms with Gasteiger partial charge in [-0.2, -0.15) is 0 Å². The fourth-order valence-electron chi connectivity index (χ4n) is 6.52. The van der Waals surface area contributed by atoms with Crippen LogP contribution in [0.5, 0.6) is 11.5 Å². The average Bonchev–Trinajstić information content (AvgIpc) is 3.25. The van der Waals surface area contributed by atoms with Gasteiger partial charge >= 0.3 is 72.9 Å². The third kappa shape index (κ3) is 12.5. The first-order valence-electron chi connectivity index (χ1n) is 16.9. The molecule has 0 bridgehead atoms. The van der Waals surface area contributed by atoms with E-state index in [-0.39, 0.29) is 70.5 Å². The van der Waals surface area contributed by atoms with Gasteiger partial charge in [0.2, 0.25) is 5.76 Å². The maximum Gasteiger partial charge on any atom is 1.00 e. The van der Waals surface area contributed by atoms with Crippen LogP contribution in [0.1, 0.15) is 121 Å². The molecule has 13 heteroatoms. The van der Waals surface area contributed by atoms with Crippen LogP contribution in [-0.4, -0.2) is 40.4 Å². The molecule has 2 aliphatic rings. The molecule has 0 saturated heterocycles. The molecule has 0 spiro atoms. The zero-order chi connectivity index (χ0) is 34.4. The monoisotopic (exact) mass is 712 g/mol. The summed E-state index contributed by atoms with van der Waals surface area (Å²) >= 11 is 0. The SMILES string of the molecule is Cc1c(C)c2c(c(C)c1OP(=O)(O)OC1=C([O-])[C@@H]([C@@H]([O-])CO)OC1=O)CCC(C)(CCCC(C)CCCC(C)CCCC(C)C)O2.[Na+].[Na+]. The molecule has 1 aromatic rings. The summed E-state index contributed by atoms with van der Waals surface area (Å²) in [5.41, 5.74) is 2.47. The Morgan fingerprint density at radius 2 is 1.50 bits per heavy atom. The second-order valence-corrected chi connectivity index (χ2v) is 15.6. The molecule has 6 atom stereocenters. The number of fused-ring (bicyclic) bond motifs is 1. The summed E-state index contributed by atoms with van der Waals surface area (Å²) in [5.74, 6) is -0.564. The number of aliphatic hydroxyl groups is 1. The molecule has 0 aromatic heterocycles. The number of phosphoric acid groups is 1. The van der Waals surface area contributed by atoms with E-state index < -0.39 is 44.1 Å². The molecule has 0 aliphatic carbocycles. The molecule has 0 amide bonds. The van der Waals surface area contributed by atoms with E-state index in [1.807, 2.05) is 6.92 Å². The molecule has 2 heterocycles. The molecule has 48 heavy (non-hydrogen) atoms. The molecular weight excluding hydrogens is 657 g/mol. The van der Waals surface area contributed by atoms with Gasteiger partial charge in [0.05, 0.1) is 0 Å². The Bertz CT molecular complexity index is 1300. The number of esters is 1. The first kappa shape index (κ1) is 45.8. The van der Waals surface area contributed by atoms with Crippen molar-refractivity contribution < 1.29 is 107 Å². The Labute approximate surface area is 331 Å². The van der Waals surface area contributed by atoms with Crippen molar-refractivity contribution in [1.82, 2.24) is 0 Å². The van der Waals surface area contributed by atoms with E-state index in [9.17, 15) is 24.5 Å². The van der Waals surface area contributed by atoms with E-state index in [1.165, 1.54) is 38.5 Å². The third-order valence-electron chi connectivity index (χ3n) is 9.67. The van der Waals surface area contributed by atoms with Gasteiger partial charge in [-0.25, -0.2) is 9.36 Å². The second-order valence-electron chi connectivity index (χ2n) is 14.3. The first-order chi connectivity index (χ1) is 21.5. The summed E-state index contributed by atoms with van der Waals surface area (Å²) in [5, 5.41) is 33.2. The van der Waals surface area contributed by atoms with Crippen LogP contribution in [0.4, 0.5) is 0 Å². The number of hydrogen-bond donors (Lipinski definition) is 2. The van der Waals surface area contributed by atoms with Crippen LogP contribution in [0.25, 0.3) is 0 Å². The van der Waals surface area contributed by atoms with Crippen molar-refractivity contribution in [3.05, 3.63) is 33.8 Å². The largest absolute Gasteiger partial charge is 1.00 e. The van der Waals surface area contributed by atoms with E-state index in [4.69, 9.17) is 18.9 Å². The van der Waals surface area contributed by atoms with Crippen molar-refractivity contribution in [3.8, 4) is 11.5 Å². The molecule has 4 unspecified atom stereocenters. The number of benzene rings is 1. The first-order valence-corrected chi connectivity index (χ1v) is 18.4. The van der Waals surface area contributed by atoms with E-state index in [2.05, 4.69) is 39.4 Å². The fourth-order valence-corrected chi connectivity index (χ4v) is 7.46. The Morgan fingerprint density at radius 1 is 0.938 bits per heavy atom. The Hall–Kier alpha value is -0.260. The van der Waals surface area contributed by atoms with Gasteiger partial charge in [-0.1, -0.05) is 78.7 Å². The van der Waals surface area contributed by atoms with Gasteiger partial charge in [-0.3, -0.25) is 4.89 Å². The van der Waals surface area contributed by atoms with E-state index in [1.54, 1.807) is 13.8 Å². The van der Waals surface area contributed by atoms with Gasteiger partial charge in [0.25, 0.3) is 0 Å². The van der Waals surface area contributed by atoms with Crippen LogP contribution >= 0.6 is 7.82 Å². The number of rotatable bonds is 18. The maximum absolute atomic E-state index is 13.0. The van der Waals surface area contributed by atoms with Gasteiger partial charge in [-0.15, -0.1) is 0 Å². The minimum atomic E-state index is -5.05. The molecule has 10 nitrogen and oxygen atoms in total. The Kier molecular flexibility index (Phi) is 19.2. The summed E-state index contributed by atoms with van der Waals surface area (Å²) in [6, 6.07) is 0. The van der Waals surface area contributed by atoms with Crippen LogP contribution in [0, 0.1) is 38.5 Å². The number of carbonyl (C=O) groups excluding carboxylic acids is 1. The quantitative estimate of drug-likeness (QED) is 0.119. The maximum atomic E-state index is 13.0. The van der Waals surface area contributed by atoms with Crippen LogP contribution < -0.4 is 78.6 Å². The predicted molar refractivity (Wildman–Crippen MR) is 172 cm³/mol. The van der Waals surface area contributed by atoms with Crippen LogP contribution in [0.15, 0.2) is 11.5 Å². The molecule has 3 rings (SSSR count). The summed E-state index contributed by atoms with van der Waals surface area (Å²) in [6.07, 6.45) is 8.67.